The van der Waals surface area contributed by atoms with Gasteiger partial charge in [-0.2, -0.15) is 0 Å². The van der Waals surface area contributed by atoms with Crippen molar-refractivity contribution in [1.82, 2.24) is 14.9 Å². The van der Waals surface area contributed by atoms with Crippen LogP contribution in [0, 0.1) is 0 Å². The second-order valence-corrected chi connectivity index (χ2v) is 6.71. The molecule has 21 heavy (non-hydrogen) atoms. The zero-order chi connectivity index (χ0) is 15.2. The second kappa shape index (κ2) is 8.99. The summed E-state index contributed by atoms with van der Waals surface area (Å²) < 4.78 is 24.9. The molecule has 0 fully saturated rings. The highest BCUT2D eigenvalue weighted by Crippen LogP contribution is 2.13. The van der Waals surface area contributed by atoms with Crippen LogP contribution in [0.2, 0.25) is 0 Å². The average molecular weight is 336 g/mol. The van der Waals surface area contributed by atoms with E-state index in [0.717, 1.165) is 5.56 Å². The van der Waals surface area contributed by atoms with Crippen LogP contribution >= 0.6 is 12.4 Å². The summed E-state index contributed by atoms with van der Waals surface area (Å²) in [6.45, 7) is 1.02. The number of sulfonamides is 1. The smallest absolute Gasteiger partial charge is 0.242 e. The van der Waals surface area contributed by atoms with Gasteiger partial charge in [-0.1, -0.05) is 12.1 Å². The van der Waals surface area contributed by atoms with Gasteiger partial charge in [0.25, 0.3) is 0 Å². The molecule has 1 amide bonds. The highest BCUT2D eigenvalue weighted by molar-refractivity contribution is 7.89. The molecule has 0 aliphatic heterocycles. The number of nitrogens with one attached hydrogen (secondary N) is 2. The van der Waals surface area contributed by atoms with E-state index >= 15 is 0 Å². The first kappa shape index (κ1) is 19.9. The summed E-state index contributed by atoms with van der Waals surface area (Å²) in [5.74, 6) is -0.0376. The van der Waals surface area contributed by atoms with Crippen molar-refractivity contribution in [1.29, 1.82) is 0 Å². The van der Waals surface area contributed by atoms with Crippen molar-refractivity contribution in [3.8, 4) is 0 Å². The van der Waals surface area contributed by atoms with Crippen molar-refractivity contribution in [2.24, 2.45) is 0 Å². The molecular formula is C13H22ClN3O3S. The lowest BCUT2D eigenvalue weighted by atomic mass is 10.2. The maximum Gasteiger partial charge on any atom is 0.242 e. The molecule has 0 aliphatic carbocycles. The lowest BCUT2D eigenvalue weighted by Crippen LogP contribution is -2.26. The number of rotatable bonds is 7. The van der Waals surface area contributed by atoms with Gasteiger partial charge in [-0.3, -0.25) is 4.79 Å². The predicted molar refractivity (Wildman–Crippen MR) is 85.0 cm³/mol. The van der Waals surface area contributed by atoms with Crippen LogP contribution in [0.15, 0.2) is 29.2 Å². The Hall–Kier alpha value is -1.15. The van der Waals surface area contributed by atoms with Crippen molar-refractivity contribution >= 4 is 28.3 Å². The Balaban J connectivity index is 0.00000400. The Morgan fingerprint density at radius 3 is 2.24 bits per heavy atom. The monoisotopic (exact) mass is 335 g/mol. The number of carbonyl (C=O) groups is 1. The van der Waals surface area contributed by atoms with E-state index in [-0.39, 0.29) is 23.2 Å². The Bertz CT molecular complexity index is 544. The molecule has 2 N–H and O–H groups in total. The van der Waals surface area contributed by atoms with E-state index in [4.69, 9.17) is 0 Å². The van der Waals surface area contributed by atoms with Crippen LogP contribution in [0.4, 0.5) is 0 Å². The SMILES string of the molecule is CNCCC(=O)NCc1ccc(S(=O)(=O)N(C)C)cc1.Cl. The van der Waals surface area contributed by atoms with E-state index in [9.17, 15) is 13.2 Å². The summed E-state index contributed by atoms with van der Waals surface area (Å²) in [6.07, 6.45) is 0.420. The Morgan fingerprint density at radius 1 is 1.19 bits per heavy atom. The maximum atomic E-state index is 11.9. The zero-order valence-electron chi connectivity index (χ0n) is 12.4. The lowest BCUT2D eigenvalue weighted by Gasteiger charge is -2.12. The van der Waals surface area contributed by atoms with Crippen molar-refractivity contribution in [2.75, 3.05) is 27.7 Å². The minimum atomic E-state index is -3.40. The van der Waals surface area contributed by atoms with Gasteiger partial charge in [-0.05, 0) is 24.7 Å². The summed E-state index contributed by atoms with van der Waals surface area (Å²) in [5.41, 5.74) is 0.862. The summed E-state index contributed by atoms with van der Waals surface area (Å²) in [6, 6.07) is 6.50. The van der Waals surface area contributed by atoms with Crippen molar-refractivity contribution in [2.45, 2.75) is 17.9 Å². The number of amides is 1. The topological polar surface area (TPSA) is 78.5 Å². The van der Waals surface area contributed by atoms with Gasteiger partial charge in [0.1, 0.15) is 0 Å². The van der Waals surface area contributed by atoms with Gasteiger partial charge in [0, 0.05) is 33.6 Å². The van der Waals surface area contributed by atoms with E-state index in [1.807, 2.05) is 0 Å². The normalized spacial score (nSPS) is 11.0. The molecule has 1 aromatic carbocycles. The number of nitrogens with zero attached hydrogens (tertiary/aromatic N) is 1. The van der Waals surface area contributed by atoms with Crippen LogP contribution in [0.5, 0.6) is 0 Å². The van der Waals surface area contributed by atoms with Crippen LogP contribution < -0.4 is 10.6 Å². The molecule has 0 radical (unpaired) electrons. The standard InChI is InChI=1S/C13H21N3O3S.ClH/c1-14-9-8-13(17)15-10-11-4-6-12(7-5-11)20(18,19)16(2)3;/h4-7,14H,8-10H2,1-3H3,(H,15,17);1H. The third kappa shape index (κ3) is 6.01. The van der Waals surface area contributed by atoms with Crippen LogP contribution in [0.25, 0.3) is 0 Å². The molecular weight excluding hydrogens is 314 g/mol. The van der Waals surface area contributed by atoms with Gasteiger partial charge in [0.15, 0.2) is 0 Å². The molecule has 1 aromatic rings. The van der Waals surface area contributed by atoms with Crippen LogP contribution in [0.1, 0.15) is 12.0 Å². The van der Waals surface area contributed by atoms with E-state index < -0.39 is 10.0 Å². The minimum Gasteiger partial charge on any atom is -0.352 e. The zero-order valence-corrected chi connectivity index (χ0v) is 14.1. The van der Waals surface area contributed by atoms with Crippen molar-refractivity contribution < 1.29 is 13.2 Å². The number of hydrogen-bond acceptors (Lipinski definition) is 4. The third-order valence-electron chi connectivity index (χ3n) is 2.79. The molecule has 8 heteroatoms. The molecule has 120 valence electrons. The molecule has 0 saturated carbocycles. The highest BCUT2D eigenvalue weighted by Gasteiger charge is 2.16. The van der Waals surface area contributed by atoms with Gasteiger partial charge >= 0.3 is 0 Å². The first-order chi connectivity index (χ1) is 9.37. The fraction of sp³-hybridized carbons (Fsp3) is 0.462. The lowest BCUT2D eigenvalue weighted by molar-refractivity contribution is -0.121. The molecule has 1 rings (SSSR count). The van der Waals surface area contributed by atoms with Gasteiger partial charge in [-0.15, -0.1) is 12.4 Å². The van der Waals surface area contributed by atoms with Crippen molar-refractivity contribution in [3.05, 3.63) is 29.8 Å². The van der Waals surface area contributed by atoms with Crippen LogP contribution in [0.3, 0.4) is 0 Å². The fourth-order valence-corrected chi connectivity index (χ4v) is 2.42. The van der Waals surface area contributed by atoms with E-state index in [2.05, 4.69) is 10.6 Å². The Morgan fingerprint density at radius 2 is 1.76 bits per heavy atom. The Labute approximate surface area is 132 Å². The van der Waals surface area contributed by atoms with Gasteiger partial charge in [0.05, 0.1) is 4.90 Å². The number of halogens is 1. The first-order valence-corrected chi connectivity index (χ1v) is 7.74. The number of benzene rings is 1. The summed E-state index contributed by atoms with van der Waals surface area (Å²) in [7, 11) is 1.37. The largest absolute Gasteiger partial charge is 0.352 e. The second-order valence-electron chi connectivity index (χ2n) is 4.56. The third-order valence-corrected chi connectivity index (χ3v) is 4.62. The van der Waals surface area contributed by atoms with E-state index in [1.54, 1.807) is 31.3 Å². The van der Waals surface area contributed by atoms with E-state index in [1.165, 1.54) is 18.4 Å². The molecule has 0 aliphatic rings. The molecule has 0 unspecified atom stereocenters. The Kier molecular flexibility index (Phi) is 8.50. The highest BCUT2D eigenvalue weighted by atomic mass is 35.5. The molecule has 0 aromatic heterocycles. The van der Waals surface area contributed by atoms with Gasteiger partial charge < -0.3 is 10.6 Å². The van der Waals surface area contributed by atoms with E-state index in [0.29, 0.717) is 19.5 Å². The number of hydrogen-bond donors (Lipinski definition) is 2. The molecule has 0 atom stereocenters. The van der Waals surface area contributed by atoms with Gasteiger partial charge in [0.2, 0.25) is 15.9 Å². The minimum absolute atomic E-state index is 0. The molecule has 0 heterocycles. The van der Waals surface area contributed by atoms with Crippen LogP contribution in [-0.2, 0) is 21.4 Å². The van der Waals surface area contributed by atoms with Crippen molar-refractivity contribution in [3.63, 3.8) is 0 Å². The summed E-state index contributed by atoms with van der Waals surface area (Å²) >= 11 is 0. The number of carbonyl (C=O) groups excluding carboxylic acids is 1. The quantitative estimate of drug-likeness (QED) is 0.764. The first-order valence-electron chi connectivity index (χ1n) is 6.30. The molecule has 0 bridgehead atoms. The maximum absolute atomic E-state index is 11.9. The average Bonchev–Trinajstić information content (AvgIpc) is 2.43. The molecule has 0 spiro atoms. The fourth-order valence-electron chi connectivity index (χ4n) is 1.52. The predicted octanol–water partition coefficient (Wildman–Crippen LogP) is 0.584. The molecule has 6 nitrogen and oxygen atoms in total. The summed E-state index contributed by atoms with van der Waals surface area (Å²) in [4.78, 5) is 11.7. The van der Waals surface area contributed by atoms with Gasteiger partial charge in [-0.25, -0.2) is 12.7 Å². The molecule has 0 saturated heterocycles. The van der Waals surface area contributed by atoms with Crippen LogP contribution in [-0.4, -0.2) is 46.3 Å². The summed E-state index contributed by atoms with van der Waals surface area (Å²) in [5, 5.41) is 5.68.